The summed E-state index contributed by atoms with van der Waals surface area (Å²) in [5.41, 5.74) is 0.699. The first-order chi connectivity index (χ1) is 13.4. The highest BCUT2D eigenvalue weighted by Gasteiger charge is 2.34. The molecular weight excluding hydrogens is 384 g/mol. The van der Waals surface area contributed by atoms with Crippen molar-refractivity contribution < 1.29 is 30.0 Å². The normalized spacial score (nSPS) is 26.6. The number of aryl methyl sites for hydroxylation is 1. The number of ether oxygens (including phenoxy) is 1. The predicted molar refractivity (Wildman–Crippen MR) is 106 cm³/mol. The van der Waals surface area contributed by atoms with Crippen molar-refractivity contribution in [1.29, 1.82) is 0 Å². The van der Waals surface area contributed by atoms with E-state index in [9.17, 15) is 25.2 Å². The molecule has 1 aliphatic rings. The molecule has 0 saturated carbocycles. The fraction of sp³-hybridized carbons (Fsp3) is 0.684. The summed E-state index contributed by atoms with van der Waals surface area (Å²) in [5.74, 6) is -0.283. The van der Waals surface area contributed by atoms with Gasteiger partial charge in [0.05, 0.1) is 17.3 Å². The molecule has 0 aliphatic carbocycles. The van der Waals surface area contributed by atoms with Gasteiger partial charge in [0.2, 0.25) is 5.91 Å². The van der Waals surface area contributed by atoms with Gasteiger partial charge in [0.1, 0.15) is 24.4 Å². The number of β-amino-alcohol motifs (C(OH)–C–C–N with tert-alkyl or cyclic N) is 1. The lowest BCUT2D eigenvalue weighted by molar-refractivity contribution is -0.150. The minimum Gasteiger partial charge on any atom is -0.394 e. The zero-order chi connectivity index (χ0) is 20.5. The smallest absolute Gasteiger partial charge is 0.246 e. The van der Waals surface area contributed by atoms with Crippen LogP contribution in [0.2, 0.25) is 0 Å². The van der Waals surface area contributed by atoms with E-state index in [4.69, 9.17) is 4.74 Å². The summed E-state index contributed by atoms with van der Waals surface area (Å²) in [6.07, 6.45) is 1.16. The summed E-state index contributed by atoms with van der Waals surface area (Å²) >= 11 is 1.49. The number of aromatic nitrogens is 1. The topological polar surface area (TPSA) is 123 Å². The van der Waals surface area contributed by atoms with E-state index in [0.29, 0.717) is 18.8 Å². The molecule has 4 N–H and O–H groups in total. The van der Waals surface area contributed by atoms with E-state index in [1.54, 1.807) is 6.08 Å². The second-order valence-electron chi connectivity index (χ2n) is 6.97. The van der Waals surface area contributed by atoms with Crippen LogP contribution in [0.25, 0.3) is 6.08 Å². The van der Waals surface area contributed by atoms with E-state index in [1.807, 2.05) is 12.3 Å². The van der Waals surface area contributed by atoms with Gasteiger partial charge in [0.25, 0.3) is 0 Å². The number of carbonyl (C=O) groups is 1. The molecule has 1 amide bonds. The average molecular weight is 415 g/mol. The molecule has 0 bridgehead atoms. The highest BCUT2D eigenvalue weighted by molar-refractivity contribution is 7.09. The van der Waals surface area contributed by atoms with Gasteiger partial charge in [-0.2, -0.15) is 0 Å². The first-order valence-electron chi connectivity index (χ1n) is 9.58. The molecule has 1 aromatic rings. The van der Waals surface area contributed by atoms with Gasteiger partial charge < -0.3 is 30.1 Å². The third-order valence-corrected chi connectivity index (χ3v) is 5.47. The van der Waals surface area contributed by atoms with Crippen LogP contribution in [0.5, 0.6) is 0 Å². The number of carbonyl (C=O) groups excluding carboxylic acids is 1. The Hall–Kier alpha value is -1.36. The summed E-state index contributed by atoms with van der Waals surface area (Å²) < 4.78 is 5.51. The number of hydrogen-bond donors (Lipinski definition) is 4. The van der Waals surface area contributed by atoms with E-state index in [2.05, 4.69) is 4.98 Å². The highest BCUT2D eigenvalue weighted by Crippen LogP contribution is 2.15. The van der Waals surface area contributed by atoms with Gasteiger partial charge >= 0.3 is 0 Å². The summed E-state index contributed by atoms with van der Waals surface area (Å²) in [5, 5.41) is 42.7. The Morgan fingerprint density at radius 2 is 2.14 bits per heavy atom. The van der Waals surface area contributed by atoms with Crippen LogP contribution < -0.4 is 0 Å². The molecule has 8 nitrogen and oxygen atoms in total. The van der Waals surface area contributed by atoms with Crippen molar-refractivity contribution in [2.75, 3.05) is 26.3 Å². The minimum absolute atomic E-state index is 0.0988. The van der Waals surface area contributed by atoms with Crippen LogP contribution in [0.3, 0.4) is 0 Å². The minimum atomic E-state index is -1.43. The standard InChI is InChI=1S/C19H30N2O6S/c1-13-20-14(12-28-13)6-7-17(25)21-8-4-2-3-5-9-27-19(16(24)11-22)18(26)15(23)10-21/h6-7,12,15-16,18-19,22-24,26H,2-5,8-11H2,1H3/b7-6+/t15-,16-,18-,19-/m1/s1. The Balaban J connectivity index is 2.09. The molecule has 9 heteroatoms. The predicted octanol–water partition coefficient (Wildman–Crippen LogP) is 0.328. The first kappa shape index (κ1) is 22.9. The van der Waals surface area contributed by atoms with Gasteiger partial charge in [-0.25, -0.2) is 4.98 Å². The molecule has 0 aromatic carbocycles. The maximum absolute atomic E-state index is 12.6. The number of thiazole rings is 1. The van der Waals surface area contributed by atoms with Crippen molar-refractivity contribution in [3.8, 4) is 0 Å². The van der Waals surface area contributed by atoms with E-state index in [-0.39, 0.29) is 12.5 Å². The van der Waals surface area contributed by atoms with Crippen LogP contribution in [-0.4, -0.2) is 86.9 Å². The van der Waals surface area contributed by atoms with Crippen LogP contribution in [0, 0.1) is 6.92 Å². The SMILES string of the molecule is Cc1nc(/C=C/C(=O)N2CCCCCCO[C@H]([C@H](O)CO)[C@H](O)[C@H](O)C2)cs1. The Kier molecular flexibility index (Phi) is 9.49. The van der Waals surface area contributed by atoms with Crippen molar-refractivity contribution in [1.82, 2.24) is 9.88 Å². The van der Waals surface area contributed by atoms with Crippen molar-refractivity contribution in [3.05, 3.63) is 22.2 Å². The molecule has 2 heterocycles. The Morgan fingerprint density at radius 3 is 2.82 bits per heavy atom. The molecule has 158 valence electrons. The van der Waals surface area contributed by atoms with Crippen molar-refractivity contribution >= 4 is 23.3 Å². The quantitative estimate of drug-likeness (QED) is 0.524. The number of rotatable bonds is 4. The zero-order valence-electron chi connectivity index (χ0n) is 16.1. The molecular formula is C19H30N2O6S. The lowest BCUT2D eigenvalue weighted by atomic mass is 10.0. The van der Waals surface area contributed by atoms with Crippen molar-refractivity contribution in [3.63, 3.8) is 0 Å². The summed E-state index contributed by atoms with van der Waals surface area (Å²) in [6, 6.07) is 0. The molecule has 1 aromatic heterocycles. The van der Waals surface area contributed by atoms with Gasteiger partial charge in [-0.15, -0.1) is 11.3 Å². The molecule has 1 aliphatic heterocycles. The number of amides is 1. The molecule has 4 atom stereocenters. The Labute approximate surface area is 169 Å². The van der Waals surface area contributed by atoms with Gasteiger partial charge in [-0.3, -0.25) is 4.79 Å². The fourth-order valence-corrected chi connectivity index (χ4v) is 3.66. The second kappa shape index (κ2) is 11.6. The maximum Gasteiger partial charge on any atom is 0.246 e. The monoisotopic (exact) mass is 414 g/mol. The number of nitrogens with zero attached hydrogens (tertiary/aromatic N) is 2. The first-order valence-corrected chi connectivity index (χ1v) is 10.5. The zero-order valence-corrected chi connectivity index (χ0v) is 16.9. The van der Waals surface area contributed by atoms with Gasteiger partial charge in [-0.1, -0.05) is 12.8 Å². The summed E-state index contributed by atoms with van der Waals surface area (Å²) in [4.78, 5) is 18.4. The van der Waals surface area contributed by atoms with Crippen LogP contribution >= 0.6 is 11.3 Å². The van der Waals surface area contributed by atoms with Crippen LogP contribution in [-0.2, 0) is 9.53 Å². The largest absolute Gasteiger partial charge is 0.394 e. The molecule has 0 unspecified atom stereocenters. The van der Waals surface area contributed by atoms with E-state index < -0.39 is 31.0 Å². The number of aliphatic hydroxyl groups is 4. The lowest BCUT2D eigenvalue weighted by Crippen LogP contribution is -2.52. The molecule has 1 fully saturated rings. The Morgan fingerprint density at radius 1 is 1.39 bits per heavy atom. The second-order valence-corrected chi connectivity index (χ2v) is 8.03. The van der Waals surface area contributed by atoms with E-state index in [1.165, 1.54) is 22.3 Å². The molecule has 28 heavy (non-hydrogen) atoms. The van der Waals surface area contributed by atoms with E-state index >= 15 is 0 Å². The summed E-state index contributed by atoms with van der Waals surface area (Å²) in [7, 11) is 0. The third kappa shape index (κ3) is 6.91. The third-order valence-electron chi connectivity index (χ3n) is 4.68. The van der Waals surface area contributed by atoms with Crippen LogP contribution in [0.4, 0.5) is 0 Å². The van der Waals surface area contributed by atoms with Crippen LogP contribution in [0.15, 0.2) is 11.5 Å². The number of aliphatic hydroxyl groups excluding tert-OH is 4. The molecule has 2 rings (SSSR count). The Bertz CT molecular complexity index is 638. The van der Waals surface area contributed by atoms with E-state index in [0.717, 1.165) is 30.7 Å². The highest BCUT2D eigenvalue weighted by atomic mass is 32.1. The average Bonchev–Trinajstić information content (AvgIpc) is 3.10. The summed E-state index contributed by atoms with van der Waals surface area (Å²) in [6.45, 7) is 1.98. The van der Waals surface area contributed by atoms with Crippen molar-refractivity contribution in [2.45, 2.75) is 57.0 Å². The van der Waals surface area contributed by atoms with Gasteiger partial charge in [0.15, 0.2) is 0 Å². The van der Waals surface area contributed by atoms with Gasteiger partial charge in [0, 0.05) is 31.2 Å². The molecule has 1 saturated heterocycles. The molecule has 0 radical (unpaired) electrons. The van der Waals surface area contributed by atoms with Crippen LogP contribution in [0.1, 0.15) is 36.4 Å². The van der Waals surface area contributed by atoms with Crippen molar-refractivity contribution in [2.24, 2.45) is 0 Å². The fourth-order valence-electron chi connectivity index (χ4n) is 3.08. The maximum atomic E-state index is 12.6. The van der Waals surface area contributed by atoms with Gasteiger partial charge in [-0.05, 0) is 25.8 Å². The molecule has 0 spiro atoms. The lowest BCUT2D eigenvalue weighted by Gasteiger charge is -2.33. The number of hydrogen-bond acceptors (Lipinski definition) is 8.